The number of benzene rings is 1. The second-order valence-electron chi connectivity index (χ2n) is 5.07. The van der Waals surface area contributed by atoms with E-state index in [0.717, 1.165) is 10.7 Å². The number of hydrogen-bond acceptors (Lipinski definition) is 6. The lowest BCUT2D eigenvalue weighted by atomic mass is 10.2. The number of sulfonamides is 1. The Balaban J connectivity index is 2.19. The fourth-order valence-electron chi connectivity index (χ4n) is 2.19. The first-order valence-corrected chi connectivity index (χ1v) is 9.72. The van der Waals surface area contributed by atoms with Gasteiger partial charge in [-0.3, -0.25) is 10.2 Å². The summed E-state index contributed by atoms with van der Waals surface area (Å²) in [4.78, 5) is 12.3. The van der Waals surface area contributed by atoms with Crippen LogP contribution in [0.25, 0.3) is 0 Å². The van der Waals surface area contributed by atoms with Gasteiger partial charge in [-0.2, -0.15) is 8.42 Å². The van der Waals surface area contributed by atoms with Crippen LogP contribution < -0.4 is 10.7 Å². The third-order valence-electron chi connectivity index (χ3n) is 3.32. The molecule has 0 bridgehead atoms. The van der Waals surface area contributed by atoms with Crippen LogP contribution >= 0.6 is 0 Å². The number of nitrogens with zero attached hydrogens (tertiary/aromatic N) is 1. The van der Waals surface area contributed by atoms with Gasteiger partial charge in [0, 0.05) is 6.54 Å². The smallest absolute Gasteiger partial charge is 0.257 e. The number of nitrogens with one attached hydrogen (secondary N) is 2. The van der Waals surface area contributed by atoms with E-state index in [0.29, 0.717) is 12.1 Å². The van der Waals surface area contributed by atoms with Crippen LogP contribution in [-0.4, -0.2) is 50.9 Å². The van der Waals surface area contributed by atoms with E-state index < -0.39 is 32.3 Å². The summed E-state index contributed by atoms with van der Waals surface area (Å²) < 4.78 is 46.7. The molecule has 1 atom stereocenters. The van der Waals surface area contributed by atoms with Crippen LogP contribution in [0.1, 0.15) is 12.0 Å². The predicted molar refractivity (Wildman–Crippen MR) is 85.3 cm³/mol. The zero-order chi connectivity index (χ0) is 17.0. The van der Waals surface area contributed by atoms with E-state index in [1.807, 2.05) is 0 Å². The highest BCUT2D eigenvalue weighted by molar-refractivity contribution is 7.88. The molecule has 1 fully saturated rings. The number of hydrazine groups is 1. The molecule has 0 saturated carbocycles. The number of carbonyl (C=O) groups is 1. The summed E-state index contributed by atoms with van der Waals surface area (Å²) in [7, 11) is -6.21. The van der Waals surface area contributed by atoms with Crippen LogP contribution in [-0.2, 0) is 31.7 Å². The molecule has 23 heavy (non-hydrogen) atoms. The fourth-order valence-corrected chi connectivity index (χ4v) is 3.48. The molecule has 1 heterocycles. The van der Waals surface area contributed by atoms with Crippen molar-refractivity contribution in [2.45, 2.75) is 19.0 Å². The molecule has 0 radical (unpaired) electrons. The molecule has 126 valence electrons. The Morgan fingerprint density at radius 3 is 2.57 bits per heavy atom. The van der Waals surface area contributed by atoms with Crippen LogP contribution in [0.15, 0.2) is 30.3 Å². The van der Waals surface area contributed by atoms with E-state index in [2.05, 4.69) is 10.7 Å². The molecule has 8 nitrogen and oxygen atoms in total. The van der Waals surface area contributed by atoms with Crippen molar-refractivity contribution in [3.8, 4) is 0 Å². The minimum absolute atomic E-state index is 0.0238. The van der Waals surface area contributed by atoms with Gasteiger partial charge in [0.05, 0.1) is 17.7 Å². The summed E-state index contributed by atoms with van der Waals surface area (Å²) in [5.74, 6) is -0.719. The predicted octanol–water partition coefficient (Wildman–Crippen LogP) is -1.11. The molecule has 1 amide bonds. The maximum Gasteiger partial charge on any atom is 0.257 e. The van der Waals surface area contributed by atoms with Gasteiger partial charge in [0.1, 0.15) is 6.04 Å². The Morgan fingerprint density at radius 2 is 2.00 bits per heavy atom. The van der Waals surface area contributed by atoms with Gasteiger partial charge in [0.25, 0.3) is 5.91 Å². The quantitative estimate of drug-likeness (QED) is 0.509. The van der Waals surface area contributed by atoms with Gasteiger partial charge in [-0.1, -0.05) is 30.3 Å². The number of carbonyl (C=O) groups excluding carboxylic acids is 1. The van der Waals surface area contributed by atoms with Crippen molar-refractivity contribution in [1.82, 2.24) is 15.2 Å². The monoisotopic (exact) mass is 359 g/mol. The fraction of sp³-hybridized carbons (Fsp3) is 0.385. The maximum absolute atomic E-state index is 12.2. The molecular weight excluding hydrogens is 342 g/mol. The van der Waals surface area contributed by atoms with Crippen molar-refractivity contribution in [3.05, 3.63) is 35.9 Å². The van der Waals surface area contributed by atoms with Gasteiger partial charge in [0.2, 0.25) is 20.3 Å². The molecule has 0 spiro atoms. The highest BCUT2D eigenvalue weighted by Crippen LogP contribution is 2.08. The second kappa shape index (κ2) is 7.21. The first-order valence-electron chi connectivity index (χ1n) is 6.79. The van der Waals surface area contributed by atoms with Gasteiger partial charge in [0.15, 0.2) is 0 Å². The average molecular weight is 359 g/mol. The molecule has 1 aromatic carbocycles. The SMILES string of the molecule is CS(=O)(=O)N(Cc1ccccc1)NC(=O)C1NCCC1=S(=O)=O. The lowest BCUT2D eigenvalue weighted by molar-refractivity contribution is -0.124. The minimum Gasteiger partial charge on any atom is -0.301 e. The molecule has 1 aromatic rings. The zero-order valence-corrected chi connectivity index (χ0v) is 14.0. The molecule has 1 saturated heterocycles. The van der Waals surface area contributed by atoms with Crippen molar-refractivity contribution in [2.75, 3.05) is 12.8 Å². The zero-order valence-electron chi connectivity index (χ0n) is 12.4. The van der Waals surface area contributed by atoms with E-state index in [4.69, 9.17) is 0 Å². The molecule has 1 aliphatic rings. The van der Waals surface area contributed by atoms with Gasteiger partial charge < -0.3 is 5.32 Å². The van der Waals surface area contributed by atoms with Crippen molar-refractivity contribution >= 4 is 31.1 Å². The first kappa shape index (κ1) is 17.6. The second-order valence-corrected chi connectivity index (χ2v) is 7.97. The molecule has 0 aliphatic carbocycles. The molecule has 10 heteroatoms. The van der Waals surface area contributed by atoms with E-state index >= 15 is 0 Å². The molecule has 0 aromatic heterocycles. The van der Waals surface area contributed by atoms with E-state index in [1.54, 1.807) is 30.3 Å². The van der Waals surface area contributed by atoms with Gasteiger partial charge in [-0.15, -0.1) is 4.41 Å². The largest absolute Gasteiger partial charge is 0.301 e. The third-order valence-corrected chi connectivity index (χ3v) is 5.21. The average Bonchev–Trinajstić information content (AvgIpc) is 2.96. The lowest BCUT2D eigenvalue weighted by Gasteiger charge is -2.22. The Morgan fingerprint density at radius 1 is 1.35 bits per heavy atom. The van der Waals surface area contributed by atoms with Gasteiger partial charge >= 0.3 is 0 Å². The van der Waals surface area contributed by atoms with E-state index in [-0.39, 0.29) is 17.8 Å². The minimum atomic E-state index is -3.72. The summed E-state index contributed by atoms with van der Waals surface area (Å²) in [5.41, 5.74) is 2.97. The number of amides is 1. The van der Waals surface area contributed by atoms with Gasteiger partial charge in [-0.25, -0.2) is 8.42 Å². The Bertz CT molecular complexity index is 810. The van der Waals surface area contributed by atoms with Crippen molar-refractivity contribution < 1.29 is 21.6 Å². The molecule has 2 rings (SSSR count). The molecule has 2 N–H and O–H groups in total. The van der Waals surface area contributed by atoms with Gasteiger partial charge in [-0.05, 0) is 12.0 Å². The van der Waals surface area contributed by atoms with Crippen LogP contribution in [0.5, 0.6) is 0 Å². The third kappa shape index (κ3) is 4.61. The van der Waals surface area contributed by atoms with Crippen LogP contribution in [0.3, 0.4) is 0 Å². The van der Waals surface area contributed by atoms with Crippen LogP contribution in [0.4, 0.5) is 0 Å². The molecular formula is C13H17N3O5S2. The van der Waals surface area contributed by atoms with E-state index in [1.165, 1.54) is 0 Å². The maximum atomic E-state index is 12.2. The Hall–Kier alpha value is -1.75. The molecule has 1 unspecified atom stereocenters. The summed E-state index contributed by atoms with van der Waals surface area (Å²) >= 11 is 0. The standard InChI is InChI=1S/C13H17N3O5S2/c1-23(20,21)16(9-10-5-3-2-4-6-10)15-13(17)12-11(22(18)19)7-8-14-12/h2-6,12,14H,7-9H2,1H3,(H,15,17). The van der Waals surface area contributed by atoms with Crippen molar-refractivity contribution in [2.24, 2.45) is 0 Å². The normalized spacial score (nSPS) is 18.2. The topological polar surface area (TPSA) is 113 Å². The number of hydrogen-bond donors (Lipinski definition) is 2. The lowest BCUT2D eigenvalue weighted by Crippen LogP contribution is -2.52. The highest BCUT2D eigenvalue weighted by atomic mass is 32.2. The summed E-state index contributed by atoms with van der Waals surface area (Å²) in [5, 5.41) is 2.74. The van der Waals surface area contributed by atoms with Crippen molar-refractivity contribution in [1.29, 1.82) is 0 Å². The summed E-state index contributed by atoms with van der Waals surface area (Å²) in [6.45, 7) is 0.299. The van der Waals surface area contributed by atoms with E-state index in [9.17, 15) is 21.6 Å². The first-order chi connectivity index (χ1) is 10.8. The van der Waals surface area contributed by atoms with Crippen molar-refractivity contribution in [3.63, 3.8) is 0 Å². The van der Waals surface area contributed by atoms with Crippen LogP contribution in [0.2, 0.25) is 0 Å². The summed E-state index contributed by atoms with van der Waals surface area (Å²) in [6.07, 6.45) is 1.19. The van der Waals surface area contributed by atoms with Crippen LogP contribution in [0, 0.1) is 0 Å². The number of rotatable bonds is 5. The highest BCUT2D eigenvalue weighted by Gasteiger charge is 2.32. The summed E-state index contributed by atoms with van der Waals surface area (Å²) in [6, 6.07) is 7.70. The Labute approximate surface area is 136 Å². The Kier molecular flexibility index (Phi) is 5.52. The molecule has 1 aliphatic heterocycles.